The summed E-state index contributed by atoms with van der Waals surface area (Å²) in [6.07, 6.45) is 2.23. The van der Waals surface area contributed by atoms with Crippen LogP contribution in [0.15, 0.2) is 82.8 Å². The van der Waals surface area contributed by atoms with E-state index in [1.807, 2.05) is 41.8 Å². The van der Waals surface area contributed by atoms with Crippen molar-refractivity contribution in [2.24, 2.45) is 0 Å². The third-order valence-corrected chi connectivity index (χ3v) is 6.68. The fourth-order valence-electron chi connectivity index (χ4n) is 4.51. The zero-order valence-electron chi connectivity index (χ0n) is 19.1. The minimum Gasteiger partial charge on any atom is -0.434 e. The SMILES string of the molecule is CCc1cc2c(cc1Cl)C(=O)/C(=C\c1cc3oc(-c4ccc(F)cc4)nc3n1-c1ccccc1)C2=O. The van der Waals surface area contributed by atoms with Gasteiger partial charge in [-0.15, -0.1) is 0 Å². The summed E-state index contributed by atoms with van der Waals surface area (Å²) in [4.78, 5) is 31.1. The smallest absolute Gasteiger partial charge is 0.228 e. The molecule has 0 saturated heterocycles. The van der Waals surface area contributed by atoms with Gasteiger partial charge in [0, 0.05) is 33.5 Å². The molecule has 176 valence electrons. The van der Waals surface area contributed by atoms with E-state index in [-0.39, 0.29) is 23.0 Å². The predicted molar refractivity (Wildman–Crippen MR) is 136 cm³/mol. The third-order valence-electron chi connectivity index (χ3n) is 6.33. The first-order valence-corrected chi connectivity index (χ1v) is 11.8. The van der Waals surface area contributed by atoms with Gasteiger partial charge in [0.05, 0.1) is 11.3 Å². The lowest BCUT2D eigenvalue weighted by atomic mass is 10.0. The van der Waals surface area contributed by atoms with Crippen LogP contribution in [0.1, 0.15) is 38.9 Å². The maximum atomic E-state index is 13.4. The molecule has 0 fully saturated rings. The average Bonchev–Trinajstić information content (AvgIpc) is 3.51. The molecule has 2 heterocycles. The molecule has 2 aromatic heterocycles. The normalized spacial score (nSPS) is 14.2. The maximum absolute atomic E-state index is 13.4. The van der Waals surface area contributed by atoms with Gasteiger partial charge in [-0.1, -0.05) is 36.7 Å². The van der Waals surface area contributed by atoms with Gasteiger partial charge >= 0.3 is 0 Å². The highest BCUT2D eigenvalue weighted by molar-refractivity contribution is 6.42. The average molecular weight is 497 g/mol. The number of aromatic nitrogens is 2. The molecule has 0 bridgehead atoms. The lowest BCUT2D eigenvalue weighted by molar-refractivity contribution is 0.0990. The molecule has 0 atom stereocenters. The highest BCUT2D eigenvalue weighted by Crippen LogP contribution is 2.35. The standard InChI is InChI=1S/C29H18ClFN2O3/c1-2-16-12-21-22(15-24(16)30)27(35)23(26(21)34)13-20-14-25-28(33(20)19-6-4-3-5-7-19)32-29(36-25)17-8-10-18(31)11-9-17/h3-15H,2H2,1H3/b23-13-. The zero-order valence-corrected chi connectivity index (χ0v) is 19.8. The first-order chi connectivity index (χ1) is 17.4. The van der Waals surface area contributed by atoms with Gasteiger partial charge in [-0.3, -0.25) is 14.2 Å². The Bertz CT molecular complexity index is 1710. The first kappa shape index (κ1) is 22.2. The van der Waals surface area contributed by atoms with Crippen molar-refractivity contribution in [3.05, 3.63) is 112 Å². The van der Waals surface area contributed by atoms with E-state index in [1.165, 1.54) is 12.1 Å². The van der Waals surface area contributed by atoms with Crippen LogP contribution in [-0.4, -0.2) is 21.1 Å². The van der Waals surface area contributed by atoms with Crippen LogP contribution >= 0.6 is 11.6 Å². The van der Waals surface area contributed by atoms with E-state index in [0.29, 0.717) is 50.9 Å². The second-order valence-corrected chi connectivity index (χ2v) is 8.92. The summed E-state index contributed by atoms with van der Waals surface area (Å²) in [5, 5.41) is 0.473. The van der Waals surface area contributed by atoms with Crippen molar-refractivity contribution < 1.29 is 18.4 Å². The number of fused-ring (bicyclic) bond motifs is 2. The number of hydrogen-bond donors (Lipinski definition) is 0. The Kier molecular flexibility index (Phi) is 5.20. The Morgan fingerprint density at radius 1 is 0.972 bits per heavy atom. The molecule has 0 aliphatic heterocycles. The molecular weight excluding hydrogens is 479 g/mol. The van der Waals surface area contributed by atoms with Crippen LogP contribution in [0.25, 0.3) is 34.4 Å². The number of halogens is 2. The lowest BCUT2D eigenvalue weighted by Crippen LogP contribution is -2.03. The molecule has 0 amide bonds. The number of aryl methyl sites for hydroxylation is 1. The Labute approximate surface area is 210 Å². The van der Waals surface area contributed by atoms with E-state index >= 15 is 0 Å². The lowest BCUT2D eigenvalue weighted by Gasteiger charge is -2.07. The number of hydrogen-bond acceptors (Lipinski definition) is 4. The van der Waals surface area contributed by atoms with Crippen molar-refractivity contribution in [3.8, 4) is 17.1 Å². The summed E-state index contributed by atoms with van der Waals surface area (Å²) < 4.78 is 21.2. The first-order valence-electron chi connectivity index (χ1n) is 11.4. The molecule has 7 heteroatoms. The molecule has 36 heavy (non-hydrogen) atoms. The largest absolute Gasteiger partial charge is 0.434 e. The van der Waals surface area contributed by atoms with Crippen molar-refractivity contribution in [3.63, 3.8) is 0 Å². The summed E-state index contributed by atoms with van der Waals surface area (Å²) in [5.74, 6) is -0.710. The molecule has 0 N–H and O–H groups in total. The van der Waals surface area contributed by atoms with Gasteiger partial charge in [0.25, 0.3) is 0 Å². The number of benzene rings is 3. The van der Waals surface area contributed by atoms with Crippen LogP contribution in [0.2, 0.25) is 5.02 Å². The van der Waals surface area contributed by atoms with E-state index < -0.39 is 0 Å². The molecule has 0 unspecified atom stereocenters. The van der Waals surface area contributed by atoms with Gasteiger partial charge in [0.2, 0.25) is 5.89 Å². The molecule has 5 nitrogen and oxygen atoms in total. The highest BCUT2D eigenvalue weighted by Gasteiger charge is 2.34. The summed E-state index contributed by atoms with van der Waals surface area (Å²) in [7, 11) is 0. The van der Waals surface area contributed by atoms with E-state index in [0.717, 1.165) is 11.3 Å². The summed E-state index contributed by atoms with van der Waals surface area (Å²) in [6.45, 7) is 1.95. The molecule has 5 aromatic rings. The monoisotopic (exact) mass is 496 g/mol. The number of para-hydroxylation sites is 1. The molecule has 0 saturated carbocycles. The molecule has 6 rings (SSSR count). The Morgan fingerprint density at radius 3 is 2.36 bits per heavy atom. The van der Waals surface area contributed by atoms with Gasteiger partial charge in [0.1, 0.15) is 5.82 Å². The van der Waals surface area contributed by atoms with Crippen molar-refractivity contribution in [2.75, 3.05) is 0 Å². The highest BCUT2D eigenvalue weighted by atomic mass is 35.5. The topological polar surface area (TPSA) is 65.1 Å². The fourth-order valence-corrected chi connectivity index (χ4v) is 4.80. The minimum atomic E-state index is -0.364. The summed E-state index contributed by atoms with van der Waals surface area (Å²) >= 11 is 6.32. The second kappa shape index (κ2) is 8.43. The number of Topliss-reactive ketones (excluding diaryl/α,β-unsaturated/α-hetero) is 2. The molecule has 0 spiro atoms. The van der Waals surface area contributed by atoms with Crippen LogP contribution in [0, 0.1) is 5.82 Å². The number of rotatable bonds is 4. The molecule has 1 aliphatic rings. The molecule has 0 radical (unpaired) electrons. The summed E-state index contributed by atoms with van der Waals surface area (Å²) in [6, 6.07) is 20.4. The zero-order chi connectivity index (χ0) is 25.0. The van der Waals surface area contributed by atoms with Gasteiger partial charge in [-0.2, -0.15) is 4.98 Å². The van der Waals surface area contributed by atoms with Crippen LogP contribution in [0.4, 0.5) is 4.39 Å². The van der Waals surface area contributed by atoms with E-state index in [4.69, 9.17) is 16.0 Å². The van der Waals surface area contributed by atoms with E-state index in [1.54, 1.807) is 36.4 Å². The van der Waals surface area contributed by atoms with Crippen molar-refractivity contribution >= 4 is 40.5 Å². The number of ketones is 2. The Balaban J connectivity index is 1.51. The van der Waals surface area contributed by atoms with Crippen LogP contribution in [0.3, 0.4) is 0 Å². The van der Waals surface area contributed by atoms with E-state index in [2.05, 4.69) is 4.98 Å². The number of oxazole rings is 1. The van der Waals surface area contributed by atoms with Crippen LogP contribution < -0.4 is 0 Å². The van der Waals surface area contributed by atoms with Gasteiger partial charge in [0.15, 0.2) is 22.8 Å². The number of allylic oxidation sites excluding steroid dienone is 1. The maximum Gasteiger partial charge on any atom is 0.228 e. The molecule has 1 aliphatic carbocycles. The Hall–Kier alpha value is -4.29. The summed E-state index contributed by atoms with van der Waals surface area (Å²) in [5.41, 5.74) is 4.52. The quantitative estimate of drug-likeness (QED) is 0.196. The van der Waals surface area contributed by atoms with Crippen LogP contribution in [0.5, 0.6) is 0 Å². The number of carbonyl (C=O) groups excluding carboxylic acids is 2. The van der Waals surface area contributed by atoms with E-state index in [9.17, 15) is 14.0 Å². The van der Waals surface area contributed by atoms with Gasteiger partial charge in [-0.05, 0) is 66.6 Å². The number of nitrogens with zero attached hydrogens (tertiary/aromatic N) is 2. The minimum absolute atomic E-state index is 0.0606. The van der Waals surface area contributed by atoms with Crippen molar-refractivity contribution in [1.82, 2.24) is 9.55 Å². The Morgan fingerprint density at radius 2 is 1.67 bits per heavy atom. The molecular formula is C29H18ClFN2O3. The van der Waals surface area contributed by atoms with Gasteiger partial charge < -0.3 is 4.42 Å². The second-order valence-electron chi connectivity index (χ2n) is 8.51. The van der Waals surface area contributed by atoms with Crippen LogP contribution in [-0.2, 0) is 6.42 Å². The van der Waals surface area contributed by atoms with Gasteiger partial charge in [-0.25, -0.2) is 4.39 Å². The van der Waals surface area contributed by atoms with Crippen molar-refractivity contribution in [2.45, 2.75) is 13.3 Å². The third kappa shape index (κ3) is 3.49. The number of carbonyl (C=O) groups is 2. The fraction of sp³-hybridized carbons (Fsp3) is 0.0690. The predicted octanol–water partition coefficient (Wildman–Crippen LogP) is 7.10. The molecule has 3 aromatic carbocycles. The van der Waals surface area contributed by atoms with Crippen molar-refractivity contribution in [1.29, 1.82) is 0 Å².